The molecule has 118 valence electrons. The number of aliphatic hydroxyl groups is 1. The van der Waals surface area contributed by atoms with Crippen LogP contribution in [0.3, 0.4) is 0 Å². The summed E-state index contributed by atoms with van der Waals surface area (Å²) in [5.74, 6) is -0.748. The molecule has 2 aromatic rings. The average molecular weight is 306 g/mol. The Kier molecular flexibility index (Phi) is 4.95. The Morgan fingerprint density at radius 2 is 1.95 bits per heavy atom. The summed E-state index contributed by atoms with van der Waals surface area (Å²) in [5, 5.41) is 19.6. The SMILES string of the molecule is CN(C)Cc1c(O)c(=O)cc(CO)n1Cc1ccccc1F. The molecular weight excluding hydrogens is 287 g/mol. The maximum Gasteiger partial charge on any atom is 0.223 e. The van der Waals surface area contributed by atoms with E-state index in [1.807, 2.05) is 0 Å². The zero-order valence-corrected chi connectivity index (χ0v) is 12.6. The minimum Gasteiger partial charge on any atom is -0.503 e. The molecule has 0 aliphatic rings. The third-order valence-electron chi connectivity index (χ3n) is 3.39. The number of hydrogen-bond acceptors (Lipinski definition) is 4. The Morgan fingerprint density at radius 1 is 1.27 bits per heavy atom. The molecule has 0 amide bonds. The van der Waals surface area contributed by atoms with Gasteiger partial charge in [-0.1, -0.05) is 18.2 Å². The lowest BCUT2D eigenvalue weighted by Gasteiger charge is -2.21. The van der Waals surface area contributed by atoms with Crippen LogP contribution in [-0.4, -0.2) is 33.8 Å². The van der Waals surface area contributed by atoms with Gasteiger partial charge in [-0.15, -0.1) is 0 Å². The molecule has 22 heavy (non-hydrogen) atoms. The summed E-state index contributed by atoms with van der Waals surface area (Å²) in [7, 11) is 3.59. The van der Waals surface area contributed by atoms with Gasteiger partial charge in [0.05, 0.1) is 18.8 Å². The molecule has 2 rings (SSSR count). The molecule has 1 aromatic carbocycles. The number of aliphatic hydroxyl groups excluding tert-OH is 1. The van der Waals surface area contributed by atoms with E-state index in [0.29, 0.717) is 23.5 Å². The van der Waals surface area contributed by atoms with Gasteiger partial charge in [0.2, 0.25) is 5.43 Å². The number of aromatic hydroxyl groups is 1. The van der Waals surface area contributed by atoms with Gasteiger partial charge in [-0.3, -0.25) is 4.79 Å². The first-order valence-corrected chi connectivity index (χ1v) is 6.87. The largest absolute Gasteiger partial charge is 0.503 e. The molecule has 0 saturated heterocycles. The summed E-state index contributed by atoms with van der Waals surface area (Å²) in [5.41, 5.74) is 0.554. The molecule has 6 heteroatoms. The molecule has 0 aliphatic heterocycles. The van der Waals surface area contributed by atoms with Crippen LogP contribution >= 0.6 is 0 Å². The first kappa shape index (κ1) is 16.2. The highest BCUT2D eigenvalue weighted by Gasteiger charge is 2.16. The summed E-state index contributed by atoms with van der Waals surface area (Å²) < 4.78 is 15.5. The van der Waals surface area contributed by atoms with Crippen LogP contribution in [-0.2, 0) is 19.7 Å². The van der Waals surface area contributed by atoms with Gasteiger partial charge < -0.3 is 19.7 Å². The number of nitrogens with zero attached hydrogens (tertiary/aromatic N) is 2. The molecule has 5 nitrogen and oxygen atoms in total. The molecule has 0 spiro atoms. The van der Waals surface area contributed by atoms with E-state index in [-0.39, 0.29) is 24.7 Å². The van der Waals surface area contributed by atoms with Crippen LogP contribution in [0.4, 0.5) is 4.39 Å². The van der Waals surface area contributed by atoms with Crippen molar-refractivity contribution >= 4 is 0 Å². The molecule has 0 fully saturated rings. The van der Waals surface area contributed by atoms with Crippen molar-refractivity contribution in [2.75, 3.05) is 14.1 Å². The van der Waals surface area contributed by atoms with Crippen LogP contribution in [0.1, 0.15) is 17.0 Å². The van der Waals surface area contributed by atoms with Gasteiger partial charge in [-0.2, -0.15) is 0 Å². The zero-order valence-electron chi connectivity index (χ0n) is 12.6. The van der Waals surface area contributed by atoms with Crippen molar-refractivity contribution in [3.8, 4) is 5.75 Å². The third kappa shape index (κ3) is 3.35. The average Bonchev–Trinajstić information content (AvgIpc) is 2.48. The Labute approximate surface area is 127 Å². The molecule has 0 bridgehead atoms. The molecule has 1 heterocycles. The second-order valence-corrected chi connectivity index (χ2v) is 5.37. The second-order valence-electron chi connectivity index (χ2n) is 5.37. The molecule has 1 aromatic heterocycles. The first-order valence-electron chi connectivity index (χ1n) is 6.87. The topological polar surface area (TPSA) is 65.7 Å². The minimum atomic E-state index is -0.550. The summed E-state index contributed by atoms with van der Waals surface area (Å²) in [4.78, 5) is 13.6. The van der Waals surface area contributed by atoms with Crippen molar-refractivity contribution in [1.29, 1.82) is 0 Å². The van der Waals surface area contributed by atoms with Gasteiger partial charge in [-0.25, -0.2) is 4.39 Å². The summed E-state index contributed by atoms with van der Waals surface area (Å²) in [6.45, 7) is 0.0490. The van der Waals surface area contributed by atoms with E-state index in [1.165, 1.54) is 12.1 Å². The number of aromatic nitrogens is 1. The maximum absolute atomic E-state index is 13.9. The van der Waals surface area contributed by atoms with Crippen LogP contribution in [0, 0.1) is 5.82 Å². The highest BCUT2D eigenvalue weighted by Crippen LogP contribution is 2.19. The molecule has 0 radical (unpaired) electrons. The Morgan fingerprint density at radius 3 is 2.55 bits per heavy atom. The number of benzene rings is 1. The lowest BCUT2D eigenvalue weighted by molar-refractivity contribution is 0.266. The Balaban J connectivity index is 2.59. The summed E-state index contributed by atoms with van der Waals surface area (Å²) in [6.07, 6.45) is 0. The normalized spacial score (nSPS) is 11.1. The van der Waals surface area contributed by atoms with E-state index in [2.05, 4.69) is 0 Å². The van der Waals surface area contributed by atoms with E-state index in [1.54, 1.807) is 41.8 Å². The predicted molar refractivity (Wildman–Crippen MR) is 81.2 cm³/mol. The molecule has 0 atom stereocenters. The van der Waals surface area contributed by atoms with Crippen LogP contribution in [0.5, 0.6) is 5.75 Å². The van der Waals surface area contributed by atoms with Gasteiger partial charge in [0.15, 0.2) is 5.75 Å². The minimum absolute atomic E-state index is 0.125. The van der Waals surface area contributed by atoms with Gasteiger partial charge in [0.1, 0.15) is 5.82 Å². The number of hydrogen-bond donors (Lipinski definition) is 2. The highest BCUT2D eigenvalue weighted by molar-refractivity contribution is 5.31. The summed E-state index contributed by atoms with van der Waals surface area (Å²) in [6, 6.07) is 7.46. The van der Waals surface area contributed by atoms with Crippen molar-refractivity contribution in [3.05, 3.63) is 63.3 Å². The fourth-order valence-corrected chi connectivity index (χ4v) is 2.33. The smallest absolute Gasteiger partial charge is 0.223 e. The fraction of sp³-hybridized carbons (Fsp3) is 0.312. The fourth-order valence-electron chi connectivity index (χ4n) is 2.33. The van der Waals surface area contributed by atoms with Crippen LogP contribution in [0.15, 0.2) is 35.1 Å². The van der Waals surface area contributed by atoms with Crippen molar-refractivity contribution in [2.45, 2.75) is 19.7 Å². The van der Waals surface area contributed by atoms with E-state index in [0.717, 1.165) is 0 Å². The lowest BCUT2D eigenvalue weighted by atomic mass is 10.1. The maximum atomic E-state index is 13.9. The quantitative estimate of drug-likeness (QED) is 0.874. The van der Waals surface area contributed by atoms with Crippen molar-refractivity contribution in [1.82, 2.24) is 9.47 Å². The molecule has 0 aliphatic carbocycles. The summed E-state index contributed by atoms with van der Waals surface area (Å²) >= 11 is 0. The molecule has 0 unspecified atom stereocenters. The van der Waals surface area contributed by atoms with E-state index in [4.69, 9.17) is 0 Å². The predicted octanol–water partition coefficient (Wildman–Crippen LogP) is 1.30. The van der Waals surface area contributed by atoms with Crippen LogP contribution < -0.4 is 5.43 Å². The van der Waals surface area contributed by atoms with E-state index >= 15 is 0 Å². The standard InChI is InChI=1S/C16H19FN2O3/c1-18(2)9-14-16(22)15(21)7-12(10-20)19(14)8-11-5-3-4-6-13(11)17/h3-7,20,22H,8-10H2,1-2H3. The van der Waals surface area contributed by atoms with E-state index in [9.17, 15) is 19.4 Å². The second kappa shape index (κ2) is 6.72. The van der Waals surface area contributed by atoms with Crippen molar-refractivity contribution in [3.63, 3.8) is 0 Å². The van der Waals surface area contributed by atoms with Crippen molar-refractivity contribution in [2.24, 2.45) is 0 Å². The van der Waals surface area contributed by atoms with Gasteiger partial charge in [-0.05, 0) is 20.2 Å². The Hall–Kier alpha value is -2.18. The highest BCUT2D eigenvalue weighted by atomic mass is 19.1. The van der Waals surface area contributed by atoms with Gasteiger partial charge in [0, 0.05) is 23.9 Å². The molecular formula is C16H19FN2O3. The number of pyridine rings is 1. The van der Waals surface area contributed by atoms with Crippen LogP contribution in [0.2, 0.25) is 0 Å². The van der Waals surface area contributed by atoms with Crippen LogP contribution in [0.25, 0.3) is 0 Å². The van der Waals surface area contributed by atoms with E-state index < -0.39 is 5.43 Å². The molecule has 2 N–H and O–H groups in total. The zero-order chi connectivity index (χ0) is 16.3. The van der Waals surface area contributed by atoms with Crippen molar-refractivity contribution < 1.29 is 14.6 Å². The molecule has 0 saturated carbocycles. The Bertz CT molecular complexity index is 726. The lowest BCUT2D eigenvalue weighted by Crippen LogP contribution is -2.23. The van der Waals surface area contributed by atoms with Gasteiger partial charge >= 0.3 is 0 Å². The first-order chi connectivity index (χ1) is 10.4. The van der Waals surface area contributed by atoms with Gasteiger partial charge in [0.25, 0.3) is 0 Å². The third-order valence-corrected chi connectivity index (χ3v) is 3.39. The number of rotatable bonds is 5. The monoisotopic (exact) mass is 306 g/mol. The number of halogens is 1.